The molecule has 0 aliphatic carbocycles. The van der Waals surface area contributed by atoms with Gasteiger partial charge in [-0.05, 0) is 45.5 Å². The maximum Gasteiger partial charge on any atom is 0.139 e. The van der Waals surface area contributed by atoms with Gasteiger partial charge >= 0.3 is 0 Å². The molecule has 0 aliphatic rings. The molecule has 1 aromatic carbocycles. The molecule has 0 atom stereocenters. The highest BCUT2D eigenvalue weighted by Crippen LogP contribution is 2.31. The Morgan fingerprint density at radius 1 is 1.32 bits per heavy atom. The Balaban J connectivity index is 2.60. The molecule has 2 rings (SSSR count). The van der Waals surface area contributed by atoms with Crippen LogP contribution in [0.3, 0.4) is 0 Å². The monoisotopic (exact) mass is 326 g/mol. The lowest BCUT2D eigenvalue weighted by molar-refractivity contribution is 0.412. The van der Waals surface area contributed by atoms with Crippen molar-refractivity contribution in [3.05, 3.63) is 34.2 Å². The van der Waals surface area contributed by atoms with E-state index in [-0.39, 0.29) is 11.2 Å². The van der Waals surface area contributed by atoms with Crippen molar-refractivity contribution in [3.8, 4) is 0 Å². The molecule has 0 saturated carbocycles. The zero-order valence-corrected chi connectivity index (χ0v) is 13.2. The third-order valence-corrected chi connectivity index (χ3v) is 3.70. The molecule has 2 nitrogen and oxygen atoms in total. The van der Waals surface area contributed by atoms with Crippen molar-refractivity contribution in [3.63, 3.8) is 0 Å². The van der Waals surface area contributed by atoms with E-state index in [4.69, 9.17) is 5.73 Å². The number of halogens is 2. The van der Waals surface area contributed by atoms with E-state index < -0.39 is 0 Å². The van der Waals surface area contributed by atoms with Crippen LogP contribution in [0.1, 0.15) is 26.3 Å². The molecule has 0 bridgehead atoms. The number of benzene rings is 1. The van der Waals surface area contributed by atoms with Crippen LogP contribution in [0.2, 0.25) is 0 Å². The summed E-state index contributed by atoms with van der Waals surface area (Å²) in [6, 6.07) is 3.46. The normalized spacial score (nSPS) is 12.3. The maximum absolute atomic E-state index is 13.7. The second-order valence-electron chi connectivity index (χ2n) is 6.16. The van der Waals surface area contributed by atoms with Gasteiger partial charge in [-0.1, -0.05) is 20.8 Å². The summed E-state index contributed by atoms with van der Waals surface area (Å²) in [6.07, 6.45) is 3.06. The summed E-state index contributed by atoms with van der Waals surface area (Å²) in [5.41, 5.74) is 8.00. The van der Waals surface area contributed by atoms with Crippen LogP contribution in [-0.2, 0) is 13.0 Å². The van der Waals surface area contributed by atoms with Gasteiger partial charge < -0.3 is 10.3 Å². The van der Waals surface area contributed by atoms with Gasteiger partial charge in [0, 0.05) is 24.7 Å². The van der Waals surface area contributed by atoms with Crippen molar-refractivity contribution in [2.75, 3.05) is 6.54 Å². The lowest BCUT2D eigenvalue weighted by atomic mass is 9.88. The van der Waals surface area contributed by atoms with Crippen molar-refractivity contribution in [2.45, 2.75) is 33.7 Å². The molecule has 2 aromatic rings. The van der Waals surface area contributed by atoms with Gasteiger partial charge in [0.1, 0.15) is 5.82 Å². The smallest absolute Gasteiger partial charge is 0.139 e. The van der Waals surface area contributed by atoms with Gasteiger partial charge in [0.15, 0.2) is 0 Å². The van der Waals surface area contributed by atoms with Gasteiger partial charge in [-0.3, -0.25) is 0 Å². The van der Waals surface area contributed by atoms with E-state index in [0.29, 0.717) is 17.6 Å². The summed E-state index contributed by atoms with van der Waals surface area (Å²) in [6.45, 7) is 7.88. The van der Waals surface area contributed by atoms with E-state index >= 15 is 0 Å². The average Bonchev–Trinajstić information content (AvgIpc) is 2.56. The highest BCUT2D eigenvalue weighted by atomic mass is 79.9. The molecule has 0 aliphatic heterocycles. The molecule has 0 unspecified atom stereocenters. The summed E-state index contributed by atoms with van der Waals surface area (Å²) < 4.78 is 16.3. The van der Waals surface area contributed by atoms with Crippen LogP contribution in [0.25, 0.3) is 10.9 Å². The van der Waals surface area contributed by atoms with Crippen molar-refractivity contribution < 1.29 is 4.39 Å². The summed E-state index contributed by atoms with van der Waals surface area (Å²) in [7, 11) is 0. The fourth-order valence-electron chi connectivity index (χ4n) is 2.39. The van der Waals surface area contributed by atoms with Crippen LogP contribution < -0.4 is 5.73 Å². The quantitative estimate of drug-likeness (QED) is 0.904. The summed E-state index contributed by atoms with van der Waals surface area (Å²) >= 11 is 3.27. The van der Waals surface area contributed by atoms with E-state index in [0.717, 1.165) is 17.3 Å². The predicted octanol–water partition coefficient (Wildman–Crippen LogP) is 4.09. The van der Waals surface area contributed by atoms with Gasteiger partial charge in [-0.15, -0.1) is 0 Å². The minimum absolute atomic E-state index is 0.197. The van der Waals surface area contributed by atoms with E-state index in [1.54, 1.807) is 6.07 Å². The number of hydrogen-bond acceptors (Lipinski definition) is 1. The van der Waals surface area contributed by atoms with Crippen LogP contribution in [0.15, 0.2) is 22.8 Å². The van der Waals surface area contributed by atoms with Crippen LogP contribution in [0, 0.1) is 11.2 Å². The third kappa shape index (κ3) is 3.18. The van der Waals surface area contributed by atoms with E-state index in [9.17, 15) is 4.39 Å². The first-order valence-corrected chi connectivity index (χ1v) is 7.28. The Labute approximate surface area is 121 Å². The second kappa shape index (κ2) is 5.25. The van der Waals surface area contributed by atoms with E-state index in [1.165, 1.54) is 5.56 Å². The van der Waals surface area contributed by atoms with Crippen LogP contribution in [-0.4, -0.2) is 11.1 Å². The first-order valence-electron chi connectivity index (χ1n) is 6.48. The van der Waals surface area contributed by atoms with Gasteiger partial charge in [-0.2, -0.15) is 0 Å². The minimum Gasteiger partial charge on any atom is -0.346 e. The Bertz CT molecular complexity index is 596. The number of hydrogen-bond donors (Lipinski definition) is 1. The summed E-state index contributed by atoms with van der Waals surface area (Å²) in [4.78, 5) is 0. The lowest BCUT2D eigenvalue weighted by Crippen LogP contribution is -2.10. The van der Waals surface area contributed by atoms with E-state index in [1.807, 2.05) is 10.6 Å². The molecule has 0 amide bonds. The summed E-state index contributed by atoms with van der Waals surface area (Å²) in [5, 5.41) is 1.11. The molecule has 104 valence electrons. The first kappa shape index (κ1) is 14.5. The molecule has 0 radical (unpaired) electrons. The Kier molecular flexibility index (Phi) is 4.02. The zero-order chi connectivity index (χ0) is 14.2. The third-order valence-electron chi connectivity index (χ3n) is 3.10. The molecule has 2 N–H and O–H groups in total. The molecule has 1 heterocycles. The molecule has 0 saturated heterocycles. The molecule has 4 heteroatoms. The topological polar surface area (TPSA) is 30.9 Å². The molecule has 19 heavy (non-hydrogen) atoms. The van der Waals surface area contributed by atoms with Gasteiger partial charge in [0.05, 0.1) is 9.99 Å². The van der Waals surface area contributed by atoms with Gasteiger partial charge in [-0.25, -0.2) is 4.39 Å². The van der Waals surface area contributed by atoms with Gasteiger partial charge in [0.25, 0.3) is 0 Å². The fourth-order valence-corrected chi connectivity index (χ4v) is 2.74. The second-order valence-corrected chi connectivity index (χ2v) is 7.01. The number of fused-ring (bicyclic) bond motifs is 1. The SMILES string of the molecule is CC(C)(C)Cc1cn(CCN)c2cc(F)c(Br)cc12. The zero-order valence-electron chi connectivity index (χ0n) is 11.6. The van der Waals surface area contributed by atoms with Crippen LogP contribution in [0.5, 0.6) is 0 Å². The largest absolute Gasteiger partial charge is 0.346 e. The Hall–Kier alpha value is -0.870. The number of nitrogens with zero attached hydrogens (tertiary/aromatic N) is 1. The predicted molar refractivity (Wildman–Crippen MR) is 81.8 cm³/mol. The number of rotatable bonds is 3. The van der Waals surface area contributed by atoms with E-state index in [2.05, 4.69) is 42.9 Å². The molecular formula is C15H20BrFN2. The van der Waals surface area contributed by atoms with Crippen molar-refractivity contribution in [1.29, 1.82) is 0 Å². The number of aromatic nitrogens is 1. The molecule has 0 spiro atoms. The number of nitrogens with two attached hydrogens (primary N) is 1. The average molecular weight is 327 g/mol. The fraction of sp³-hybridized carbons (Fsp3) is 0.467. The Morgan fingerprint density at radius 2 is 2.00 bits per heavy atom. The first-order chi connectivity index (χ1) is 8.81. The van der Waals surface area contributed by atoms with Crippen molar-refractivity contribution in [1.82, 2.24) is 4.57 Å². The van der Waals surface area contributed by atoms with Crippen molar-refractivity contribution >= 4 is 26.8 Å². The molecule has 1 aromatic heterocycles. The van der Waals surface area contributed by atoms with Crippen LogP contribution >= 0.6 is 15.9 Å². The highest BCUT2D eigenvalue weighted by molar-refractivity contribution is 9.10. The van der Waals surface area contributed by atoms with Crippen LogP contribution in [0.4, 0.5) is 4.39 Å². The van der Waals surface area contributed by atoms with Gasteiger partial charge in [0.2, 0.25) is 0 Å². The van der Waals surface area contributed by atoms with Crippen molar-refractivity contribution in [2.24, 2.45) is 11.1 Å². The maximum atomic E-state index is 13.7. The standard InChI is InChI=1S/C15H20BrFN2/c1-15(2,3)8-10-9-19(5-4-18)14-7-13(17)12(16)6-11(10)14/h6-7,9H,4-5,8,18H2,1-3H3. The molecular weight excluding hydrogens is 307 g/mol. The summed E-state index contributed by atoms with van der Waals surface area (Å²) in [5.74, 6) is -0.230. The molecule has 0 fully saturated rings. The lowest BCUT2D eigenvalue weighted by Gasteiger charge is -2.17. The Morgan fingerprint density at radius 3 is 2.58 bits per heavy atom. The highest BCUT2D eigenvalue weighted by Gasteiger charge is 2.17. The minimum atomic E-state index is -0.230.